The van der Waals surface area contributed by atoms with Crippen LogP contribution >= 0.6 is 0 Å². The van der Waals surface area contributed by atoms with E-state index < -0.39 is 0 Å². The lowest BCUT2D eigenvalue weighted by Crippen LogP contribution is -2.28. The zero-order valence-corrected chi connectivity index (χ0v) is 17.5. The molecule has 1 heterocycles. The molecule has 1 aromatic heterocycles. The van der Waals surface area contributed by atoms with Gasteiger partial charge in [0.15, 0.2) is 0 Å². The fourth-order valence-corrected chi connectivity index (χ4v) is 3.56. The topological polar surface area (TPSA) is 59.0 Å². The molecular formula is C25H26N4O. The number of fused-ring (bicyclic) bond motifs is 1. The van der Waals surface area contributed by atoms with E-state index in [1.165, 1.54) is 16.3 Å². The van der Waals surface area contributed by atoms with Gasteiger partial charge in [-0.25, -0.2) is 9.48 Å². The second-order valence-corrected chi connectivity index (χ2v) is 8.36. The van der Waals surface area contributed by atoms with Crippen LogP contribution in [0.25, 0.3) is 10.8 Å². The molecule has 0 unspecified atom stereocenters. The summed E-state index contributed by atoms with van der Waals surface area (Å²) >= 11 is 0. The Bertz CT molecular complexity index is 1170. The number of amides is 2. The van der Waals surface area contributed by atoms with Gasteiger partial charge in [0.05, 0.1) is 11.2 Å². The molecule has 5 nitrogen and oxygen atoms in total. The van der Waals surface area contributed by atoms with Crippen LogP contribution in [0, 0.1) is 0 Å². The molecule has 2 N–H and O–H groups in total. The lowest BCUT2D eigenvalue weighted by molar-refractivity contribution is 0.261. The number of rotatable bonds is 4. The molecule has 0 fully saturated rings. The maximum atomic E-state index is 12.5. The van der Waals surface area contributed by atoms with E-state index in [0.717, 1.165) is 11.4 Å². The highest BCUT2D eigenvalue weighted by Crippen LogP contribution is 2.25. The van der Waals surface area contributed by atoms with E-state index in [1.54, 1.807) is 0 Å². The fraction of sp³-hybridized carbons (Fsp3) is 0.200. The van der Waals surface area contributed by atoms with Crippen molar-refractivity contribution >= 4 is 28.3 Å². The highest BCUT2D eigenvalue weighted by Gasteiger charge is 2.21. The van der Waals surface area contributed by atoms with Gasteiger partial charge in [0.2, 0.25) is 0 Å². The van der Waals surface area contributed by atoms with Crippen molar-refractivity contribution in [1.29, 1.82) is 0 Å². The first-order valence-corrected chi connectivity index (χ1v) is 10.1. The Balaban J connectivity index is 1.61. The van der Waals surface area contributed by atoms with Crippen molar-refractivity contribution in [3.63, 3.8) is 0 Å². The van der Waals surface area contributed by atoms with Gasteiger partial charge in [0.25, 0.3) is 0 Å². The minimum Gasteiger partial charge on any atom is -0.308 e. The first-order chi connectivity index (χ1) is 14.4. The van der Waals surface area contributed by atoms with Crippen LogP contribution < -0.4 is 10.6 Å². The molecule has 0 saturated heterocycles. The number of anilines is 2. The van der Waals surface area contributed by atoms with Gasteiger partial charge in [0.1, 0.15) is 5.82 Å². The van der Waals surface area contributed by atoms with E-state index in [4.69, 9.17) is 5.10 Å². The van der Waals surface area contributed by atoms with Gasteiger partial charge in [-0.05, 0) is 49.2 Å². The molecule has 0 aliphatic rings. The molecule has 0 aliphatic heterocycles. The third kappa shape index (κ3) is 4.35. The number of carbonyl (C=O) groups excluding carboxylic acids is 1. The molecule has 4 rings (SSSR count). The molecule has 0 aliphatic carbocycles. The number of benzene rings is 3. The van der Waals surface area contributed by atoms with Gasteiger partial charge in [-0.3, -0.25) is 5.32 Å². The van der Waals surface area contributed by atoms with E-state index in [-0.39, 0.29) is 11.6 Å². The number of para-hydroxylation sites is 1. The van der Waals surface area contributed by atoms with Gasteiger partial charge in [-0.1, -0.05) is 60.7 Å². The number of nitrogens with zero attached hydrogens (tertiary/aromatic N) is 2. The smallest absolute Gasteiger partial charge is 0.308 e. The van der Waals surface area contributed by atoms with Crippen molar-refractivity contribution in [3.8, 4) is 0 Å². The van der Waals surface area contributed by atoms with E-state index in [2.05, 4.69) is 67.8 Å². The summed E-state index contributed by atoms with van der Waals surface area (Å²) in [5, 5.41) is 13.1. The highest BCUT2D eigenvalue weighted by molar-refractivity contribution is 5.99. The molecular weight excluding hydrogens is 372 g/mol. The summed E-state index contributed by atoms with van der Waals surface area (Å²) in [6, 6.07) is 25.7. The summed E-state index contributed by atoms with van der Waals surface area (Å²) in [6.45, 7) is 6.21. The van der Waals surface area contributed by atoms with Crippen LogP contribution in [-0.2, 0) is 12.0 Å². The van der Waals surface area contributed by atoms with Crippen LogP contribution in [-0.4, -0.2) is 15.8 Å². The molecule has 0 atom stereocenters. The van der Waals surface area contributed by atoms with Crippen molar-refractivity contribution in [1.82, 2.24) is 9.78 Å². The minimum absolute atomic E-state index is 0.271. The number of nitrogens with one attached hydrogen (secondary N) is 2. The summed E-state index contributed by atoms with van der Waals surface area (Å²) in [5.41, 5.74) is 2.60. The summed E-state index contributed by atoms with van der Waals surface area (Å²) in [4.78, 5) is 12.5. The Labute approximate surface area is 176 Å². The number of urea groups is 1. The molecule has 0 radical (unpaired) electrons. The van der Waals surface area contributed by atoms with Gasteiger partial charge in [0, 0.05) is 18.2 Å². The Morgan fingerprint density at radius 3 is 2.37 bits per heavy atom. The van der Waals surface area contributed by atoms with Crippen LogP contribution in [0.2, 0.25) is 0 Å². The Hall–Kier alpha value is -3.60. The number of hydrogen-bond acceptors (Lipinski definition) is 2. The highest BCUT2D eigenvalue weighted by atomic mass is 16.2. The molecule has 5 heteroatoms. The monoisotopic (exact) mass is 398 g/mol. The molecule has 30 heavy (non-hydrogen) atoms. The summed E-state index contributed by atoms with van der Waals surface area (Å²) in [5.74, 6) is 0.672. The number of carbonyl (C=O) groups is 1. The third-order valence-corrected chi connectivity index (χ3v) is 4.92. The maximum Gasteiger partial charge on any atom is 0.324 e. The number of aromatic nitrogens is 2. The van der Waals surface area contributed by atoms with Crippen LogP contribution in [0.1, 0.15) is 32.0 Å². The second-order valence-electron chi connectivity index (χ2n) is 8.36. The Morgan fingerprint density at radius 2 is 1.60 bits per heavy atom. The molecule has 0 bridgehead atoms. The first-order valence-electron chi connectivity index (χ1n) is 10.1. The van der Waals surface area contributed by atoms with Crippen LogP contribution in [0.4, 0.5) is 16.3 Å². The van der Waals surface area contributed by atoms with Crippen molar-refractivity contribution in [2.75, 3.05) is 10.6 Å². The average molecular weight is 399 g/mol. The summed E-state index contributed by atoms with van der Waals surface area (Å²) in [6.07, 6.45) is 0.694. The molecule has 3 aromatic carbocycles. The van der Waals surface area contributed by atoms with Gasteiger partial charge < -0.3 is 5.32 Å². The van der Waals surface area contributed by atoms with Crippen molar-refractivity contribution in [3.05, 3.63) is 90.1 Å². The van der Waals surface area contributed by atoms with E-state index in [1.807, 2.05) is 47.1 Å². The van der Waals surface area contributed by atoms with Gasteiger partial charge >= 0.3 is 6.03 Å². The molecule has 0 spiro atoms. The standard InChI is InChI=1S/C25H26N4O/c1-25(2,3)29-23(27-24(30)26-20-13-5-4-6-14-20)17-21(28-29)16-19-12-9-11-18-10-7-8-15-22(18)19/h4-15,17H,16H2,1-3H3,(H2,26,27,30). The third-order valence-electron chi connectivity index (χ3n) is 4.92. The van der Waals surface area contributed by atoms with E-state index in [9.17, 15) is 4.79 Å². The predicted molar refractivity (Wildman–Crippen MR) is 123 cm³/mol. The zero-order chi connectivity index (χ0) is 21.1. The summed E-state index contributed by atoms with van der Waals surface area (Å²) < 4.78 is 1.87. The molecule has 152 valence electrons. The zero-order valence-electron chi connectivity index (χ0n) is 17.5. The van der Waals surface area contributed by atoms with Gasteiger partial charge in [-0.15, -0.1) is 0 Å². The molecule has 4 aromatic rings. The van der Waals surface area contributed by atoms with E-state index >= 15 is 0 Å². The normalized spacial score (nSPS) is 11.4. The van der Waals surface area contributed by atoms with Gasteiger partial charge in [-0.2, -0.15) is 5.10 Å². The van der Waals surface area contributed by atoms with Crippen molar-refractivity contribution < 1.29 is 4.79 Å². The van der Waals surface area contributed by atoms with Crippen LogP contribution in [0.5, 0.6) is 0 Å². The quantitative estimate of drug-likeness (QED) is 0.441. The summed E-state index contributed by atoms with van der Waals surface area (Å²) in [7, 11) is 0. The largest absolute Gasteiger partial charge is 0.324 e. The lowest BCUT2D eigenvalue weighted by atomic mass is 10.0. The Kier molecular flexibility index (Phi) is 5.27. The lowest BCUT2D eigenvalue weighted by Gasteiger charge is -2.22. The van der Waals surface area contributed by atoms with Crippen molar-refractivity contribution in [2.24, 2.45) is 0 Å². The second kappa shape index (κ2) is 8.03. The maximum absolute atomic E-state index is 12.5. The SMILES string of the molecule is CC(C)(C)n1nc(Cc2cccc3ccccc23)cc1NC(=O)Nc1ccccc1. The minimum atomic E-state index is -0.289. The van der Waals surface area contributed by atoms with Crippen molar-refractivity contribution in [2.45, 2.75) is 32.7 Å². The van der Waals surface area contributed by atoms with Crippen LogP contribution in [0.3, 0.4) is 0 Å². The predicted octanol–water partition coefficient (Wildman–Crippen LogP) is 6.03. The number of hydrogen-bond donors (Lipinski definition) is 2. The fourth-order valence-electron chi connectivity index (χ4n) is 3.56. The van der Waals surface area contributed by atoms with E-state index in [0.29, 0.717) is 12.2 Å². The average Bonchev–Trinajstić information content (AvgIpc) is 3.11. The van der Waals surface area contributed by atoms with Crippen LogP contribution in [0.15, 0.2) is 78.9 Å². The molecule has 0 saturated carbocycles. The Morgan fingerprint density at radius 1 is 0.900 bits per heavy atom. The first kappa shape index (κ1) is 19.7. The molecule has 2 amide bonds.